The molecule has 2 atom stereocenters. The molecule has 0 spiro atoms. The minimum atomic E-state index is -0.212. The Kier molecular flexibility index (Phi) is 11.9. The first kappa shape index (κ1) is 42.0. The van der Waals surface area contributed by atoms with Gasteiger partial charge in [0.25, 0.3) is 17.7 Å². The van der Waals surface area contributed by atoms with Gasteiger partial charge in [0, 0.05) is 56.0 Å². The number of rotatable bonds is 10. The number of nitrogens with zero attached hydrogens (tertiary/aromatic N) is 6. The van der Waals surface area contributed by atoms with Gasteiger partial charge in [-0.05, 0) is 75.3 Å². The van der Waals surface area contributed by atoms with E-state index in [1.807, 2.05) is 35.2 Å². The fraction of sp³-hybridized carbons (Fsp3) is 0.480. The topological polar surface area (TPSA) is 157 Å². The van der Waals surface area contributed by atoms with E-state index in [2.05, 4.69) is 51.0 Å². The summed E-state index contributed by atoms with van der Waals surface area (Å²) in [5.41, 5.74) is 5.90. The molecule has 14 heteroatoms. The van der Waals surface area contributed by atoms with Gasteiger partial charge in [0.2, 0.25) is 5.91 Å². The van der Waals surface area contributed by atoms with Crippen molar-refractivity contribution >= 4 is 23.6 Å². The highest BCUT2D eigenvalue weighted by Crippen LogP contribution is 2.36. The molecule has 4 amide bonds. The molecule has 6 heterocycles. The Morgan fingerprint density at radius 3 is 2.02 bits per heavy atom. The lowest BCUT2D eigenvalue weighted by atomic mass is 9.81. The summed E-state index contributed by atoms with van der Waals surface area (Å²) in [5.74, 6) is 1.73. The molecule has 5 aliphatic rings. The van der Waals surface area contributed by atoms with Gasteiger partial charge in [-0.15, -0.1) is 0 Å². The molecule has 0 radical (unpaired) electrons. The first-order chi connectivity index (χ1) is 31.3. The lowest BCUT2D eigenvalue weighted by molar-refractivity contribution is -0.137. The second-order valence-corrected chi connectivity index (χ2v) is 18.5. The smallest absolute Gasteiger partial charge is 0.272 e. The van der Waals surface area contributed by atoms with Crippen LogP contribution < -0.4 is 10.6 Å². The van der Waals surface area contributed by atoms with Gasteiger partial charge in [-0.25, -0.2) is 9.97 Å². The molecule has 334 valence electrons. The summed E-state index contributed by atoms with van der Waals surface area (Å²) in [6.45, 7) is 5.96. The Morgan fingerprint density at radius 1 is 0.703 bits per heavy atom. The van der Waals surface area contributed by atoms with Crippen LogP contribution in [0.5, 0.6) is 0 Å². The van der Waals surface area contributed by atoms with Crippen molar-refractivity contribution in [1.29, 1.82) is 0 Å². The number of nitrogens with one attached hydrogen (secondary N) is 2. The predicted octanol–water partition coefficient (Wildman–Crippen LogP) is 7.20. The molecule has 1 unspecified atom stereocenters. The maximum Gasteiger partial charge on any atom is 0.272 e. The molecule has 3 aromatic heterocycles. The lowest BCUT2D eigenvalue weighted by Crippen LogP contribution is -2.43. The summed E-state index contributed by atoms with van der Waals surface area (Å²) < 4.78 is 14.9. The lowest BCUT2D eigenvalue weighted by Gasteiger charge is -2.31. The van der Waals surface area contributed by atoms with Crippen molar-refractivity contribution in [1.82, 2.24) is 39.5 Å². The van der Waals surface area contributed by atoms with E-state index >= 15 is 0 Å². The second kappa shape index (κ2) is 18.2. The molecular weight excluding hydrogens is 809 g/mol. The molecule has 3 fully saturated rings. The van der Waals surface area contributed by atoms with Crippen LogP contribution in [0.2, 0.25) is 0 Å². The second-order valence-electron chi connectivity index (χ2n) is 18.5. The van der Waals surface area contributed by atoms with Gasteiger partial charge >= 0.3 is 0 Å². The van der Waals surface area contributed by atoms with Crippen LogP contribution in [0, 0.1) is 11.8 Å². The number of furan rings is 1. The molecule has 0 bridgehead atoms. The number of fused-ring (bicyclic) bond motifs is 2. The van der Waals surface area contributed by atoms with Crippen molar-refractivity contribution in [3.63, 3.8) is 0 Å². The third kappa shape index (κ3) is 8.39. The van der Waals surface area contributed by atoms with Crippen molar-refractivity contribution in [2.24, 2.45) is 11.8 Å². The first-order valence-corrected chi connectivity index (χ1v) is 23.4. The average molecular weight is 867 g/mol. The van der Waals surface area contributed by atoms with Crippen LogP contribution in [-0.2, 0) is 35.7 Å². The number of carbonyl (C=O) groups excluding carboxylic acids is 4. The maximum atomic E-state index is 14.1. The Morgan fingerprint density at radius 2 is 1.36 bits per heavy atom. The van der Waals surface area contributed by atoms with Gasteiger partial charge in [0.05, 0.1) is 48.8 Å². The summed E-state index contributed by atoms with van der Waals surface area (Å²) in [7, 11) is 0. The van der Waals surface area contributed by atoms with Crippen LogP contribution in [0.4, 0.5) is 0 Å². The van der Waals surface area contributed by atoms with Crippen LogP contribution in [0.25, 0.3) is 22.8 Å². The van der Waals surface area contributed by atoms with Crippen LogP contribution >= 0.6 is 0 Å². The van der Waals surface area contributed by atoms with Gasteiger partial charge in [0.15, 0.2) is 11.4 Å². The van der Waals surface area contributed by atoms with E-state index in [1.54, 1.807) is 11.0 Å². The molecule has 5 aromatic rings. The number of imidazole rings is 2. The van der Waals surface area contributed by atoms with Crippen LogP contribution in [0.1, 0.15) is 125 Å². The van der Waals surface area contributed by atoms with E-state index in [4.69, 9.17) is 19.1 Å². The number of hydrogen-bond acceptors (Lipinski definition) is 8. The van der Waals surface area contributed by atoms with E-state index in [9.17, 15) is 19.2 Å². The van der Waals surface area contributed by atoms with Crippen LogP contribution in [-0.4, -0.2) is 90.9 Å². The normalized spacial score (nSPS) is 21.8. The highest BCUT2D eigenvalue weighted by Gasteiger charge is 2.36. The average Bonchev–Trinajstić information content (AvgIpc) is 4.19. The highest BCUT2D eigenvalue weighted by atomic mass is 16.5. The molecule has 64 heavy (non-hydrogen) atoms. The molecule has 2 aromatic carbocycles. The molecule has 2 N–H and O–H groups in total. The largest absolute Gasteiger partial charge is 0.472 e. The molecule has 3 aliphatic heterocycles. The van der Waals surface area contributed by atoms with Gasteiger partial charge in [0.1, 0.15) is 17.9 Å². The third-order valence-electron chi connectivity index (χ3n) is 14.5. The molecule has 2 aliphatic carbocycles. The van der Waals surface area contributed by atoms with Crippen LogP contribution in [0.3, 0.4) is 0 Å². The monoisotopic (exact) mass is 866 g/mol. The summed E-state index contributed by atoms with van der Waals surface area (Å²) in [6, 6.07) is 20.2. The SMILES string of the molecule is C[C@@H](NC(=O)c1nc(-c2ccc(C3CCC(NC(=O)c4nc(-c5ccccc5)n5c4CN(C(=O)c4ccoc4)CC5)CC3)cc2)n2c1CN(C(=O)C1CCOC1)CC2)C1CCCCC1. The van der Waals surface area contributed by atoms with Crippen molar-refractivity contribution in [3.8, 4) is 22.8 Å². The maximum absolute atomic E-state index is 14.1. The Bertz CT molecular complexity index is 2470. The molecule has 14 nitrogen and oxygen atoms in total. The number of hydrogen-bond donors (Lipinski definition) is 2. The zero-order chi connectivity index (χ0) is 43.7. The zero-order valence-corrected chi connectivity index (χ0v) is 36.7. The summed E-state index contributed by atoms with van der Waals surface area (Å²) in [6.07, 6.45) is 13.1. The van der Waals surface area contributed by atoms with Crippen molar-refractivity contribution in [3.05, 3.63) is 107 Å². The number of amides is 4. The van der Waals surface area contributed by atoms with E-state index < -0.39 is 0 Å². The Labute approximate surface area is 373 Å². The highest BCUT2D eigenvalue weighted by molar-refractivity contribution is 5.96. The van der Waals surface area contributed by atoms with Crippen molar-refractivity contribution in [2.75, 3.05) is 26.3 Å². The Balaban J connectivity index is 0.821. The van der Waals surface area contributed by atoms with Crippen LogP contribution in [0.15, 0.2) is 77.6 Å². The molecule has 1 saturated heterocycles. The molecule has 2 saturated carbocycles. The van der Waals surface area contributed by atoms with Gasteiger partial charge in [-0.1, -0.05) is 73.9 Å². The third-order valence-corrected chi connectivity index (χ3v) is 14.5. The van der Waals surface area contributed by atoms with E-state index in [-0.39, 0.29) is 48.2 Å². The van der Waals surface area contributed by atoms with Crippen molar-refractivity contribution < 1.29 is 28.3 Å². The quantitative estimate of drug-likeness (QED) is 0.149. The van der Waals surface area contributed by atoms with E-state index in [0.717, 1.165) is 79.1 Å². The van der Waals surface area contributed by atoms with Gasteiger partial charge < -0.3 is 38.7 Å². The fourth-order valence-corrected chi connectivity index (χ4v) is 10.8. The number of carbonyl (C=O) groups is 4. The summed E-state index contributed by atoms with van der Waals surface area (Å²) >= 11 is 0. The summed E-state index contributed by atoms with van der Waals surface area (Å²) in [5, 5.41) is 6.62. The fourth-order valence-electron chi connectivity index (χ4n) is 10.8. The standard InChI is InChI=1S/C50H58N8O6/c1-32(33-8-4-2-5-9-33)51-47(59)43-41-28-55(49(61)38-20-26-63-30-38)23-25-58(41)46(53-43)37-14-12-34(13-15-37)35-16-18-40(19-17-35)52-48(60)44-42-29-56(50(62)39-21-27-64-31-39)22-24-57(42)45(54-44)36-10-6-3-7-11-36/h3,6-7,10-15,21,27,31-33,35,38,40H,2,4-5,8-9,16-20,22-26,28-30H2,1H3,(H,51,59)(H,52,60)/t32-,35?,38?,40?/m1/s1. The van der Waals surface area contributed by atoms with E-state index in [1.165, 1.54) is 37.4 Å². The minimum absolute atomic E-state index is 0.00212. The van der Waals surface area contributed by atoms with Crippen molar-refractivity contribution in [2.45, 2.75) is 115 Å². The van der Waals surface area contributed by atoms with Gasteiger partial charge in [-0.3, -0.25) is 19.2 Å². The molecule has 10 rings (SSSR count). The van der Waals surface area contributed by atoms with E-state index in [0.29, 0.717) is 74.7 Å². The predicted molar refractivity (Wildman–Crippen MR) is 239 cm³/mol. The molecular formula is C50H58N8O6. The van der Waals surface area contributed by atoms with Gasteiger partial charge in [-0.2, -0.15) is 0 Å². The summed E-state index contributed by atoms with van der Waals surface area (Å²) in [4.78, 5) is 68.5. The number of aromatic nitrogens is 4. The zero-order valence-electron chi connectivity index (χ0n) is 36.7. The number of ether oxygens (including phenoxy) is 1. The minimum Gasteiger partial charge on any atom is -0.472 e. The Hall–Kier alpha value is -6.02. The number of benzene rings is 2. The first-order valence-electron chi connectivity index (χ1n) is 23.4.